The highest BCUT2D eigenvalue weighted by molar-refractivity contribution is 6.30. The molecule has 0 saturated carbocycles. The summed E-state index contributed by atoms with van der Waals surface area (Å²) in [4.78, 5) is 16.9. The fourth-order valence-corrected chi connectivity index (χ4v) is 3.99. The highest BCUT2D eigenvalue weighted by Gasteiger charge is 2.22. The molecule has 1 amide bonds. The molecule has 1 aromatic heterocycles. The van der Waals surface area contributed by atoms with Gasteiger partial charge in [0.1, 0.15) is 17.7 Å². The summed E-state index contributed by atoms with van der Waals surface area (Å²) in [6, 6.07) is 15.6. The van der Waals surface area contributed by atoms with Crippen LogP contribution in [-0.2, 0) is 22.5 Å². The number of carbonyl (C=O) groups is 1. The number of rotatable bonds is 10. The van der Waals surface area contributed by atoms with Gasteiger partial charge in [0.2, 0.25) is 5.91 Å². The molecule has 1 N–H and O–H groups in total. The monoisotopic (exact) mass is 441 g/mol. The van der Waals surface area contributed by atoms with Crippen LogP contribution in [0.2, 0.25) is 5.02 Å². The molecule has 6 nitrogen and oxygen atoms in total. The first kappa shape index (κ1) is 21.7. The van der Waals surface area contributed by atoms with Gasteiger partial charge in [-0.25, -0.2) is 4.98 Å². The Labute approximate surface area is 187 Å². The van der Waals surface area contributed by atoms with E-state index in [1.165, 1.54) is 0 Å². The zero-order valence-electron chi connectivity index (χ0n) is 17.6. The molecule has 1 unspecified atom stereocenters. The molecule has 1 aliphatic heterocycles. The predicted octanol–water partition coefficient (Wildman–Crippen LogP) is 4.39. The van der Waals surface area contributed by atoms with Gasteiger partial charge in [-0.15, -0.1) is 0 Å². The van der Waals surface area contributed by atoms with Crippen LogP contribution in [0.4, 0.5) is 0 Å². The number of ether oxygens (including phenoxy) is 2. The van der Waals surface area contributed by atoms with E-state index in [0.717, 1.165) is 61.3 Å². The second kappa shape index (κ2) is 10.6. The average Bonchev–Trinajstić information content (AvgIpc) is 3.44. The molecule has 1 saturated heterocycles. The van der Waals surface area contributed by atoms with Gasteiger partial charge >= 0.3 is 0 Å². The van der Waals surface area contributed by atoms with Crippen molar-refractivity contribution in [2.45, 2.75) is 44.8 Å². The van der Waals surface area contributed by atoms with Gasteiger partial charge in [-0.05, 0) is 62.1 Å². The van der Waals surface area contributed by atoms with E-state index in [9.17, 15) is 4.79 Å². The van der Waals surface area contributed by atoms with Crippen molar-refractivity contribution in [1.82, 2.24) is 14.9 Å². The molecule has 2 aromatic carbocycles. The molecule has 2 heterocycles. The maximum atomic E-state index is 12.1. The van der Waals surface area contributed by atoms with Crippen LogP contribution in [0.15, 0.2) is 48.5 Å². The van der Waals surface area contributed by atoms with Gasteiger partial charge in [-0.1, -0.05) is 23.7 Å². The van der Waals surface area contributed by atoms with E-state index in [-0.39, 0.29) is 12.0 Å². The lowest BCUT2D eigenvalue weighted by atomic mass is 10.2. The van der Waals surface area contributed by atoms with E-state index in [1.54, 1.807) is 0 Å². The number of aromatic nitrogens is 2. The van der Waals surface area contributed by atoms with E-state index in [4.69, 9.17) is 26.1 Å². The molecular weight excluding hydrogens is 414 g/mol. The lowest BCUT2D eigenvalue weighted by molar-refractivity contribution is -0.130. The molecule has 1 aliphatic rings. The third-order valence-electron chi connectivity index (χ3n) is 5.44. The standard InChI is InChI=1S/C24H28ClN3O3/c25-18-10-12-19(13-11-18)30-17-5-15-28-21-7-2-1-6-20(21)27-23(28)9-3-14-26-24(29)22-8-4-16-31-22/h1-2,6-7,10-13,22H,3-5,8-9,14-17H2,(H,26,29). The number of halogens is 1. The minimum Gasteiger partial charge on any atom is -0.494 e. The Morgan fingerprint density at radius 2 is 2.03 bits per heavy atom. The van der Waals surface area contributed by atoms with E-state index in [0.29, 0.717) is 24.8 Å². The van der Waals surface area contributed by atoms with Crippen LogP contribution < -0.4 is 10.1 Å². The largest absolute Gasteiger partial charge is 0.494 e. The number of hydrogen-bond donors (Lipinski definition) is 1. The molecule has 0 bridgehead atoms. The van der Waals surface area contributed by atoms with Gasteiger partial charge in [-0.3, -0.25) is 4.79 Å². The Bertz CT molecular complexity index is 997. The van der Waals surface area contributed by atoms with Gasteiger partial charge in [0.05, 0.1) is 17.6 Å². The number of imidazole rings is 1. The number of hydrogen-bond acceptors (Lipinski definition) is 4. The molecular formula is C24H28ClN3O3. The lowest BCUT2D eigenvalue weighted by Gasteiger charge is -2.12. The molecule has 0 aliphatic carbocycles. The topological polar surface area (TPSA) is 65.4 Å². The Kier molecular flexibility index (Phi) is 7.43. The summed E-state index contributed by atoms with van der Waals surface area (Å²) in [5.74, 6) is 1.87. The molecule has 4 rings (SSSR count). The lowest BCUT2D eigenvalue weighted by Crippen LogP contribution is -2.34. The number of para-hydroxylation sites is 2. The SMILES string of the molecule is O=C(NCCCc1nc2ccccc2n1CCCOc1ccc(Cl)cc1)C1CCCO1. The van der Waals surface area contributed by atoms with Crippen LogP contribution in [0.1, 0.15) is 31.5 Å². The van der Waals surface area contributed by atoms with Crippen LogP contribution in [-0.4, -0.2) is 41.3 Å². The Morgan fingerprint density at radius 3 is 2.84 bits per heavy atom. The number of nitrogens with zero attached hydrogens (tertiary/aromatic N) is 2. The van der Waals surface area contributed by atoms with Crippen molar-refractivity contribution < 1.29 is 14.3 Å². The number of aryl methyl sites for hydroxylation is 2. The van der Waals surface area contributed by atoms with Crippen molar-refractivity contribution in [3.05, 3.63) is 59.4 Å². The highest BCUT2D eigenvalue weighted by Crippen LogP contribution is 2.19. The summed E-state index contributed by atoms with van der Waals surface area (Å²) in [5.41, 5.74) is 2.13. The molecule has 164 valence electrons. The highest BCUT2D eigenvalue weighted by atomic mass is 35.5. The first-order valence-corrected chi connectivity index (χ1v) is 11.3. The number of benzene rings is 2. The minimum atomic E-state index is -0.273. The third-order valence-corrected chi connectivity index (χ3v) is 5.69. The van der Waals surface area contributed by atoms with Crippen LogP contribution in [0.5, 0.6) is 5.75 Å². The first-order valence-electron chi connectivity index (χ1n) is 10.9. The summed E-state index contributed by atoms with van der Waals surface area (Å²) in [7, 11) is 0. The van der Waals surface area contributed by atoms with Crippen molar-refractivity contribution in [2.24, 2.45) is 0 Å². The quantitative estimate of drug-likeness (QED) is 0.474. The maximum absolute atomic E-state index is 12.1. The van der Waals surface area contributed by atoms with Gasteiger partial charge in [-0.2, -0.15) is 0 Å². The number of fused-ring (bicyclic) bond motifs is 1. The predicted molar refractivity (Wildman–Crippen MR) is 122 cm³/mol. The van der Waals surface area contributed by atoms with E-state index in [1.807, 2.05) is 42.5 Å². The molecule has 31 heavy (non-hydrogen) atoms. The average molecular weight is 442 g/mol. The van der Waals surface area contributed by atoms with E-state index in [2.05, 4.69) is 16.0 Å². The summed E-state index contributed by atoms with van der Waals surface area (Å²) >= 11 is 5.92. The van der Waals surface area contributed by atoms with E-state index < -0.39 is 0 Å². The molecule has 0 radical (unpaired) electrons. The number of carbonyl (C=O) groups excluding carboxylic acids is 1. The van der Waals surface area contributed by atoms with Crippen molar-refractivity contribution in [3.8, 4) is 5.75 Å². The minimum absolute atomic E-state index is 0.00495. The van der Waals surface area contributed by atoms with Gasteiger partial charge in [0, 0.05) is 31.1 Å². The zero-order valence-corrected chi connectivity index (χ0v) is 18.3. The van der Waals surface area contributed by atoms with Crippen LogP contribution in [0.25, 0.3) is 11.0 Å². The molecule has 1 atom stereocenters. The molecule has 1 fully saturated rings. The van der Waals surface area contributed by atoms with Crippen molar-refractivity contribution in [3.63, 3.8) is 0 Å². The second-order valence-corrected chi connectivity index (χ2v) is 8.16. The smallest absolute Gasteiger partial charge is 0.249 e. The zero-order chi connectivity index (χ0) is 21.5. The van der Waals surface area contributed by atoms with Gasteiger partial charge in [0.25, 0.3) is 0 Å². The summed E-state index contributed by atoms with van der Waals surface area (Å²) in [6.07, 6.45) is 4.02. The van der Waals surface area contributed by atoms with Crippen LogP contribution >= 0.6 is 11.6 Å². The van der Waals surface area contributed by atoms with Crippen LogP contribution in [0.3, 0.4) is 0 Å². The summed E-state index contributed by atoms with van der Waals surface area (Å²) in [6.45, 7) is 2.75. The molecule has 7 heteroatoms. The fraction of sp³-hybridized carbons (Fsp3) is 0.417. The Balaban J connectivity index is 1.30. The first-order chi connectivity index (χ1) is 15.2. The van der Waals surface area contributed by atoms with E-state index >= 15 is 0 Å². The third kappa shape index (κ3) is 5.77. The Hall–Kier alpha value is -2.57. The van der Waals surface area contributed by atoms with Crippen LogP contribution in [0, 0.1) is 0 Å². The number of amides is 1. The van der Waals surface area contributed by atoms with Crippen molar-refractivity contribution >= 4 is 28.5 Å². The molecule has 0 spiro atoms. The second-order valence-electron chi connectivity index (χ2n) is 7.72. The van der Waals surface area contributed by atoms with Crippen molar-refractivity contribution in [1.29, 1.82) is 0 Å². The fourth-order valence-electron chi connectivity index (χ4n) is 3.87. The summed E-state index contributed by atoms with van der Waals surface area (Å²) < 4.78 is 13.5. The number of nitrogens with one attached hydrogen (secondary N) is 1. The maximum Gasteiger partial charge on any atom is 0.249 e. The Morgan fingerprint density at radius 1 is 1.19 bits per heavy atom. The van der Waals surface area contributed by atoms with Crippen molar-refractivity contribution in [2.75, 3.05) is 19.8 Å². The van der Waals surface area contributed by atoms with Gasteiger partial charge in [0.15, 0.2) is 0 Å². The molecule has 3 aromatic rings. The summed E-state index contributed by atoms with van der Waals surface area (Å²) in [5, 5.41) is 3.69. The van der Waals surface area contributed by atoms with Gasteiger partial charge < -0.3 is 19.4 Å². The normalized spacial score (nSPS) is 16.0.